The van der Waals surface area contributed by atoms with Crippen molar-refractivity contribution in [3.05, 3.63) is 29.8 Å². The summed E-state index contributed by atoms with van der Waals surface area (Å²) in [4.78, 5) is 12.2. The molecule has 2 aliphatic rings. The van der Waals surface area contributed by atoms with Gasteiger partial charge in [-0.25, -0.2) is 0 Å². The van der Waals surface area contributed by atoms with E-state index >= 15 is 0 Å². The highest BCUT2D eigenvalue weighted by Gasteiger charge is 2.24. The molecule has 0 bridgehead atoms. The van der Waals surface area contributed by atoms with E-state index < -0.39 is 0 Å². The normalized spacial score (nSPS) is 25.4. The van der Waals surface area contributed by atoms with Crippen molar-refractivity contribution in [1.29, 1.82) is 0 Å². The van der Waals surface area contributed by atoms with Gasteiger partial charge in [0.05, 0.1) is 6.61 Å². The van der Waals surface area contributed by atoms with E-state index in [0.29, 0.717) is 5.92 Å². The van der Waals surface area contributed by atoms with Crippen LogP contribution < -0.4 is 10.6 Å². The third-order valence-electron chi connectivity index (χ3n) is 4.19. The summed E-state index contributed by atoms with van der Waals surface area (Å²) in [7, 11) is 0. The molecule has 0 radical (unpaired) electrons. The fourth-order valence-electron chi connectivity index (χ4n) is 2.97. The van der Waals surface area contributed by atoms with Gasteiger partial charge in [0.15, 0.2) is 0 Å². The molecule has 20 heavy (non-hydrogen) atoms. The van der Waals surface area contributed by atoms with Crippen molar-refractivity contribution in [3.8, 4) is 0 Å². The van der Waals surface area contributed by atoms with Crippen LogP contribution in [0, 0.1) is 5.92 Å². The van der Waals surface area contributed by atoms with Gasteiger partial charge in [-0.2, -0.15) is 0 Å². The van der Waals surface area contributed by atoms with E-state index in [-0.39, 0.29) is 11.9 Å². The van der Waals surface area contributed by atoms with Crippen LogP contribution in [-0.2, 0) is 16.0 Å². The van der Waals surface area contributed by atoms with Gasteiger partial charge >= 0.3 is 0 Å². The number of hydrogen-bond acceptors (Lipinski definition) is 3. The highest BCUT2D eigenvalue weighted by atomic mass is 16.5. The summed E-state index contributed by atoms with van der Waals surface area (Å²) in [5, 5.41) is 6.41. The smallest absolute Gasteiger partial charge is 0.242 e. The van der Waals surface area contributed by atoms with Crippen LogP contribution in [0.4, 0.5) is 5.69 Å². The van der Waals surface area contributed by atoms with Crippen molar-refractivity contribution >= 4 is 11.6 Å². The monoisotopic (exact) mass is 274 g/mol. The minimum absolute atomic E-state index is 0.102. The quantitative estimate of drug-likeness (QED) is 0.886. The zero-order chi connectivity index (χ0) is 13.8. The predicted octanol–water partition coefficient (Wildman–Crippen LogP) is 1.96. The summed E-state index contributed by atoms with van der Waals surface area (Å²) in [6, 6.07) is 8.11. The zero-order valence-corrected chi connectivity index (χ0v) is 11.7. The maximum absolute atomic E-state index is 12.2. The molecule has 2 aliphatic heterocycles. The number of anilines is 1. The number of nitrogens with one attached hydrogen (secondary N) is 2. The number of benzene rings is 1. The second kappa shape index (κ2) is 6.27. The van der Waals surface area contributed by atoms with Crippen molar-refractivity contribution in [2.24, 2.45) is 5.92 Å². The summed E-state index contributed by atoms with van der Waals surface area (Å²) < 4.78 is 5.44. The van der Waals surface area contributed by atoms with Crippen LogP contribution in [0.2, 0.25) is 0 Å². The number of ether oxygens (including phenoxy) is 1. The van der Waals surface area contributed by atoms with E-state index in [1.54, 1.807) is 0 Å². The minimum Gasteiger partial charge on any atom is -0.381 e. The summed E-state index contributed by atoms with van der Waals surface area (Å²) in [6.07, 6.45) is 4.09. The van der Waals surface area contributed by atoms with Crippen LogP contribution >= 0.6 is 0 Å². The fraction of sp³-hybridized carbons (Fsp3) is 0.562. The Labute approximate surface area is 119 Å². The minimum atomic E-state index is -0.102. The number of para-hydroxylation sites is 1. The van der Waals surface area contributed by atoms with Crippen LogP contribution in [0.3, 0.4) is 0 Å². The molecule has 1 amide bonds. The topological polar surface area (TPSA) is 50.4 Å². The van der Waals surface area contributed by atoms with Gasteiger partial charge in [0.2, 0.25) is 5.91 Å². The molecule has 2 atom stereocenters. The lowest BCUT2D eigenvalue weighted by Crippen LogP contribution is -2.44. The molecule has 2 heterocycles. The van der Waals surface area contributed by atoms with Crippen molar-refractivity contribution in [1.82, 2.24) is 5.32 Å². The van der Waals surface area contributed by atoms with E-state index in [4.69, 9.17) is 4.74 Å². The molecule has 2 unspecified atom stereocenters. The first-order valence-electron chi connectivity index (χ1n) is 7.53. The Kier molecular flexibility index (Phi) is 4.21. The SMILES string of the molecule is O=C(NCC1CCCOC1)C1CCc2ccccc2N1. The zero-order valence-electron chi connectivity index (χ0n) is 11.7. The van der Waals surface area contributed by atoms with Gasteiger partial charge in [-0.1, -0.05) is 18.2 Å². The van der Waals surface area contributed by atoms with Crippen molar-refractivity contribution < 1.29 is 9.53 Å². The standard InChI is InChI=1S/C16H22N2O2/c19-16(17-10-12-4-3-9-20-11-12)15-8-7-13-5-1-2-6-14(13)18-15/h1-2,5-6,12,15,18H,3-4,7-11H2,(H,17,19). The van der Waals surface area contributed by atoms with E-state index in [1.165, 1.54) is 5.56 Å². The Morgan fingerprint density at radius 2 is 2.25 bits per heavy atom. The Hall–Kier alpha value is -1.55. The summed E-state index contributed by atoms with van der Waals surface area (Å²) in [5.74, 6) is 0.591. The van der Waals surface area contributed by atoms with Gasteiger partial charge < -0.3 is 15.4 Å². The highest BCUT2D eigenvalue weighted by molar-refractivity contribution is 5.85. The lowest BCUT2D eigenvalue weighted by atomic mass is 9.97. The number of fused-ring (bicyclic) bond motifs is 1. The molecule has 0 aromatic heterocycles. The molecule has 1 fully saturated rings. The molecule has 0 spiro atoms. The first-order valence-corrected chi connectivity index (χ1v) is 7.53. The van der Waals surface area contributed by atoms with E-state index in [0.717, 1.165) is 51.1 Å². The summed E-state index contributed by atoms with van der Waals surface area (Å²) in [5.41, 5.74) is 2.40. The van der Waals surface area contributed by atoms with Crippen molar-refractivity contribution in [2.45, 2.75) is 31.7 Å². The number of hydrogen-bond donors (Lipinski definition) is 2. The van der Waals surface area contributed by atoms with Crippen LogP contribution in [0.15, 0.2) is 24.3 Å². The van der Waals surface area contributed by atoms with Gasteiger partial charge in [-0.05, 0) is 43.2 Å². The molecule has 108 valence electrons. The Balaban J connectivity index is 1.51. The van der Waals surface area contributed by atoms with Gasteiger partial charge in [0, 0.05) is 18.8 Å². The van der Waals surface area contributed by atoms with Crippen molar-refractivity contribution in [3.63, 3.8) is 0 Å². The molecule has 3 rings (SSSR count). The molecule has 0 aliphatic carbocycles. The number of carbonyl (C=O) groups excluding carboxylic acids is 1. The first kappa shape index (κ1) is 13.4. The summed E-state index contributed by atoms with van der Waals surface area (Å²) >= 11 is 0. The maximum atomic E-state index is 12.2. The van der Waals surface area contributed by atoms with Gasteiger partial charge in [-0.3, -0.25) is 4.79 Å². The largest absolute Gasteiger partial charge is 0.381 e. The third-order valence-corrected chi connectivity index (χ3v) is 4.19. The molecule has 1 aromatic carbocycles. The highest BCUT2D eigenvalue weighted by Crippen LogP contribution is 2.24. The summed E-state index contributed by atoms with van der Waals surface area (Å²) in [6.45, 7) is 2.38. The number of rotatable bonds is 3. The second-order valence-electron chi connectivity index (χ2n) is 5.72. The van der Waals surface area contributed by atoms with Crippen LogP contribution in [0.25, 0.3) is 0 Å². The second-order valence-corrected chi connectivity index (χ2v) is 5.72. The molecule has 1 aromatic rings. The lowest BCUT2D eigenvalue weighted by Gasteiger charge is -2.27. The number of carbonyl (C=O) groups is 1. The average molecular weight is 274 g/mol. The van der Waals surface area contributed by atoms with Gasteiger partial charge in [-0.15, -0.1) is 0 Å². The Bertz CT molecular complexity index is 469. The van der Waals surface area contributed by atoms with Crippen LogP contribution in [0.1, 0.15) is 24.8 Å². The Morgan fingerprint density at radius 1 is 1.35 bits per heavy atom. The lowest BCUT2D eigenvalue weighted by molar-refractivity contribution is -0.122. The third kappa shape index (κ3) is 3.12. The number of aryl methyl sites for hydroxylation is 1. The van der Waals surface area contributed by atoms with Crippen LogP contribution in [-0.4, -0.2) is 31.7 Å². The molecule has 4 nitrogen and oxygen atoms in total. The van der Waals surface area contributed by atoms with Gasteiger partial charge in [0.1, 0.15) is 6.04 Å². The fourth-order valence-corrected chi connectivity index (χ4v) is 2.97. The van der Waals surface area contributed by atoms with E-state index in [9.17, 15) is 4.79 Å². The van der Waals surface area contributed by atoms with Gasteiger partial charge in [0.25, 0.3) is 0 Å². The van der Waals surface area contributed by atoms with Crippen LogP contribution in [0.5, 0.6) is 0 Å². The average Bonchev–Trinajstić information content (AvgIpc) is 2.53. The number of amides is 1. The molecule has 4 heteroatoms. The van der Waals surface area contributed by atoms with E-state index in [1.807, 2.05) is 18.2 Å². The molecule has 2 N–H and O–H groups in total. The Morgan fingerprint density at radius 3 is 3.10 bits per heavy atom. The van der Waals surface area contributed by atoms with Crippen molar-refractivity contribution in [2.75, 3.05) is 25.1 Å². The molecule has 0 saturated carbocycles. The van der Waals surface area contributed by atoms with E-state index in [2.05, 4.69) is 16.7 Å². The molecule has 1 saturated heterocycles. The molecular formula is C16H22N2O2. The first-order chi connectivity index (χ1) is 9.83. The maximum Gasteiger partial charge on any atom is 0.242 e. The predicted molar refractivity (Wildman–Crippen MR) is 78.7 cm³/mol. The molecular weight excluding hydrogens is 252 g/mol.